The van der Waals surface area contributed by atoms with Gasteiger partial charge in [-0.25, -0.2) is 0 Å². The number of rotatable bonds is 23. The van der Waals surface area contributed by atoms with Crippen LogP contribution < -0.4 is 29.6 Å². The van der Waals surface area contributed by atoms with E-state index in [4.69, 9.17) is 0 Å². The summed E-state index contributed by atoms with van der Waals surface area (Å²) in [6.45, 7) is 4.51. The number of benzene rings is 2. The van der Waals surface area contributed by atoms with E-state index in [0.29, 0.717) is 11.8 Å². The van der Waals surface area contributed by atoms with Crippen LogP contribution in [0.2, 0.25) is 0 Å². The van der Waals surface area contributed by atoms with E-state index < -0.39 is 10.1 Å². The Morgan fingerprint density at radius 1 is 0.590 bits per heavy atom. The minimum absolute atomic E-state index is 0. The molecule has 0 aliphatic carbocycles. The zero-order valence-electron chi connectivity index (χ0n) is 26.6. The van der Waals surface area contributed by atoms with Crippen molar-refractivity contribution in [2.24, 2.45) is 0 Å². The average Bonchev–Trinajstić information content (AvgIpc) is 2.89. The summed E-state index contributed by atoms with van der Waals surface area (Å²) in [6, 6.07) is 10.0. The number of aryl methyl sites for hydroxylation is 2. The predicted octanol–water partition coefficient (Wildman–Crippen LogP) is 8.13. The number of fused-ring (bicyclic) bond motifs is 1. The molecule has 2 aromatic carbocycles. The maximum atomic E-state index is 12.4. The summed E-state index contributed by atoms with van der Waals surface area (Å²) in [6.07, 6.45) is 27.5. The Kier molecular flexibility index (Phi) is 20.9. The molecule has 0 aliphatic heterocycles. The monoisotopic (exact) mass is 568 g/mol. The predicted molar refractivity (Wildman–Crippen MR) is 166 cm³/mol. The maximum absolute atomic E-state index is 12.4. The standard InChI is InChI=1S/C34H56O3S.Na.H/c1-3-5-7-9-11-13-15-17-19-21-23-30-25-28-33-32(29-30)27-26-31(34(33)38(35,36)37)24-22-20-18-16-14-12-10-8-6-4-2;;/h25-29H,3-24H2,1-2H3,(H,35,36,37);;/q;+1;-1. The van der Waals surface area contributed by atoms with Gasteiger partial charge in [-0.2, -0.15) is 8.42 Å². The third kappa shape index (κ3) is 15.4. The fraction of sp³-hybridized carbons (Fsp3) is 0.706. The van der Waals surface area contributed by atoms with Crippen LogP contribution in [0.15, 0.2) is 35.2 Å². The molecule has 218 valence electrons. The molecule has 0 saturated heterocycles. The van der Waals surface area contributed by atoms with E-state index >= 15 is 0 Å². The first-order valence-corrected chi connectivity index (χ1v) is 17.4. The van der Waals surface area contributed by atoms with Crippen LogP contribution in [-0.2, 0) is 23.0 Å². The average molecular weight is 569 g/mol. The Balaban J connectivity index is 0.00000760. The molecule has 3 nitrogen and oxygen atoms in total. The van der Waals surface area contributed by atoms with E-state index in [1.807, 2.05) is 18.2 Å². The zero-order chi connectivity index (χ0) is 27.5. The van der Waals surface area contributed by atoms with Gasteiger partial charge in [0.1, 0.15) is 4.90 Å². The number of unbranched alkanes of at least 4 members (excludes halogenated alkanes) is 18. The second-order valence-electron chi connectivity index (χ2n) is 11.4. The Hall–Kier alpha value is -0.390. The second-order valence-corrected chi connectivity index (χ2v) is 12.8. The second kappa shape index (κ2) is 22.2. The Bertz CT molecular complexity index is 1010. The van der Waals surface area contributed by atoms with Gasteiger partial charge in [-0.15, -0.1) is 0 Å². The van der Waals surface area contributed by atoms with Gasteiger partial charge in [-0.1, -0.05) is 160 Å². The normalized spacial score (nSPS) is 11.7. The van der Waals surface area contributed by atoms with Crippen LogP contribution in [0.25, 0.3) is 10.8 Å². The largest absolute Gasteiger partial charge is 1.00 e. The zero-order valence-corrected chi connectivity index (χ0v) is 28.4. The molecule has 0 saturated carbocycles. The van der Waals surface area contributed by atoms with E-state index in [2.05, 4.69) is 26.0 Å². The molecule has 0 unspecified atom stereocenters. The minimum Gasteiger partial charge on any atom is -1.00 e. The van der Waals surface area contributed by atoms with Crippen molar-refractivity contribution in [1.82, 2.24) is 0 Å². The van der Waals surface area contributed by atoms with Crippen LogP contribution in [-0.4, -0.2) is 13.0 Å². The number of hydrogen-bond acceptors (Lipinski definition) is 2. The van der Waals surface area contributed by atoms with Crippen molar-refractivity contribution < 1.29 is 44.0 Å². The van der Waals surface area contributed by atoms with E-state index in [9.17, 15) is 13.0 Å². The maximum Gasteiger partial charge on any atom is 1.00 e. The number of hydrogen-bond donors (Lipinski definition) is 1. The van der Waals surface area contributed by atoms with Crippen molar-refractivity contribution in [2.75, 3.05) is 0 Å². The third-order valence-corrected chi connectivity index (χ3v) is 8.99. The van der Waals surface area contributed by atoms with E-state index in [1.165, 1.54) is 121 Å². The first-order valence-electron chi connectivity index (χ1n) is 16.0. The third-order valence-electron chi connectivity index (χ3n) is 7.99. The molecule has 1 N–H and O–H groups in total. The smallest absolute Gasteiger partial charge is 1.00 e. The summed E-state index contributed by atoms with van der Waals surface area (Å²) in [5.41, 5.74) is 2.00. The van der Waals surface area contributed by atoms with Gasteiger partial charge in [0.05, 0.1) is 0 Å². The van der Waals surface area contributed by atoms with E-state index in [1.54, 1.807) is 0 Å². The molecule has 0 spiro atoms. The quantitative estimate of drug-likeness (QED) is 0.0836. The Morgan fingerprint density at radius 2 is 1.03 bits per heavy atom. The van der Waals surface area contributed by atoms with Crippen molar-refractivity contribution in [1.29, 1.82) is 0 Å². The molecule has 0 atom stereocenters. The molecule has 2 aromatic rings. The summed E-state index contributed by atoms with van der Waals surface area (Å²) in [5.74, 6) is 0. The molecule has 5 heteroatoms. The van der Waals surface area contributed by atoms with Crippen molar-refractivity contribution in [3.05, 3.63) is 41.5 Å². The van der Waals surface area contributed by atoms with Crippen LogP contribution in [0.3, 0.4) is 0 Å². The van der Waals surface area contributed by atoms with Gasteiger partial charge >= 0.3 is 29.6 Å². The molecule has 0 fully saturated rings. The Labute approximate surface area is 264 Å². The Morgan fingerprint density at radius 3 is 1.49 bits per heavy atom. The first kappa shape index (κ1) is 36.6. The molecule has 0 aliphatic rings. The minimum atomic E-state index is -4.27. The van der Waals surface area contributed by atoms with Crippen molar-refractivity contribution in [3.8, 4) is 0 Å². The topological polar surface area (TPSA) is 54.4 Å². The fourth-order valence-corrected chi connectivity index (χ4v) is 6.64. The van der Waals surface area contributed by atoms with Gasteiger partial charge in [0.15, 0.2) is 0 Å². The summed E-state index contributed by atoms with van der Waals surface area (Å²) >= 11 is 0. The molecule has 0 heterocycles. The van der Waals surface area contributed by atoms with Crippen molar-refractivity contribution in [2.45, 2.75) is 160 Å². The fourth-order valence-electron chi connectivity index (χ4n) is 5.67. The molecule has 39 heavy (non-hydrogen) atoms. The van der Waals surface area contributed by atoms with Crippen LogP contribution in [0.5, 0.6) is 0 Å². The summed E-state index contributed by atoms with van der Waals surface area (Å²) in [4.78, 5) is 0.122. The van der Waals surface area contributed by atoms with Gasteiger partial charge in [0, 0.05) is 5.39 Å². The van der Waals surface area contributed by atoms with Gasteiger partial charge in [0.2, 0.25) is 0 Å². The van der Waals surface area contributed by atoms with Crippen LogP contribution in [0, 0.1) is 0 Å². The SMILES string of the molecule is CCCCCCCCCCCCc1ccc2c(S(=O)(=O)O)c(CCCCCCCCCCCC)ccc2c1.[H-].[Na+]. The van der Waals surface area contributed by atoms with E-state index in [-0.39, 0.29) is 35.9 Å². The molecule has 0 aromatic heterocycles. The van der Waals surface area contributed by atoms with Gasteiger partial charge in [-0.05, 0) is 42.2 Å². The van der Waals surface area contributed by atoms with Crippen LogP contribution >= 0.6 is 0 Å². The van der Waals surface area contributed by atoms with E-state index in [0.717, 1.165) is 30.2 Å². The first-order chi connectivity index (χ1) is 18.5. The van der Waals surface area contributed by atoms with Crippen LogP contribution in [0.4, 0.5) is 0 Å². The van der Waals surface area contributed by atoms with Gasteiger partial charge < -0.3 is 1.43 Å². The molecule has 0 radical (unpaired) electrons. The molecule has 0 amide bonds. The molecule has 0 bridgehead atoms. The van der Waals surface area contributed by atoms with Crippen LogP contribution in [0.1, 0.15) is 155 Å². The van der Waals surface area contributed by atoms with Gasteiger partial charge in [0.25, 0.3) is 10.1 Å². The summed E-state index contributed by atoms with van der Waals surface area (Å²) in [7, 11) is -4.27. The van der Waals surface area contributed by atoms with Crippen molar-refractivity contribution in [3.63, 3.8) is 0 Å². The molecule has 2 rings (SSSR count). The molecular weight excluding hydrogens is 511 g/mol. The summed E-state index contributed by atoms with van der Waals surface area (Å²) in [5, 5.41) is 1.57. The van der Waals surface area contributed by atoms with Crippen molar-refractivity contribution >= 4 is 20.9 Å². The molecular formula is C34H57NaO3S. The van der Waals surface area contributed by atoms with Gasteiger partial charge in [-0.3, -0.25) is 4.55 Å². The summed E-state index contributed by atoms with van der Waals surface area (Å²) < 4.78 is 34.8.